The molecule has 0 amide bonds. The van der Waals surface area contributed by atoms with Gasteiger partial charge in [-0.15, -0.1) is 0 Å². The Hall–Kier alpha value is -10.8. The number of para-hydroxylation sites is 6. The Morgan fingerprint density at radius 2 is 1.07 bits per heavy atom. The van der Waals surface area contributed by atoms with Gasteiger partial charge in [-0.1, -0.05) is 184 Å². The summed E-state index contributed by atoms with van der Waals surface area (Å²) >= 11 is 0. The molecule has 15 aromatic rings. The number of hydrogen-bond donors (Lipinski definition) is 0. The van der Waals surface area contributed by atoms with Crippen LogP contribution in [0.4, 0.5) is 17.1 Å². The third-order valence-corrected chi connectivity index (χ3v) is 17.0. The highest BCUT2D eigenvalue weighted by Crippen LogP contribution is 2.51. The zero-order valence-corrected chi connectivity index (χ0v) is 45.5. The van der Waals surface area contributed by atoms with Crippen LogP contribution in [0.5, 0.6) is 11.5 Å². The summed E-state index contributed by atoms with van der Waals surface area (Å²) in [6.45, 7) is 5.70. The van der Waals surface area contributed by atoms with Crippen LogP contribution < -0.4 is 26.0 Å². The molecule has 0 fully saturated rings. The van der Waals surface area contributed by atoms with Crippen molar-refractivity contribution in [3.63, 3.8) is 0 Å². The molecule has 0 saturated heterocycles. The highest BCUT2D eigenvalue weighted by Gasteiger charge is 2.44. The third-order valence-electron chi connectivity index (χ3n) is 17.0. The third kappa shape index (κ3) is 7.04. The summed E-state index contributed by atoms with van der Waals surface area (Å²) in [4.78, 5) is 2.22. The van der Waals surface area contributed by atoms with Crippen LogP contribution in [0, 0.1) is 11.3 Å². The lowest BCUT2D eigenvalue weighted by Gasteiger charge is -2.42. The number of ether oxygens (including phenoxy) is 1. The molecule has 0 radical (unpaired) electrons. The maximum absolute atomic E-state index is 10.4. The van der Waals surface area contributed by atoms with Gasteiger partial charge in [-0.3, -0.25) is 0 Å². The predicted molar refractivity (Wildman–Crippen MR) is 350 cm³/mol. The fourth-order valence-electron chi connectivity index (χ4n) is 13.3. The molecule has 0 saturated carbocycles. The lowest BCUT2D eigenvalue weighted by Crippen LogP contribution is -2.59. The van der Waals surface area contributed by atoms with Crippen LogP contribution in [0.25, 0.3) is 105 Å². The average Bonchev–Trinajstić information content (AvgIpc) is 1.69. The van der Waals surface area contributed by atoms with E-state index in [0.717, 1.165) is 71.5 Å². The Morgan fingerprint density at radius 1 is 0.429 bits per heavy atom. The second kappa shape index (κ2) is 18.1. The molecule has 7 heteroatoms. The van der Waals surface area contributed by atoms with Crippen LogP contribution in [0.15, 0.2) is 261 Å². The van der Waals surface area contributed by atoms with E-state index >= 15 is 0 Å². The van der Waals surface area contributed by atoms with Crippen molar-refractivity contribution in [1.29, 1.82) is 5.26 Å². The van der Waals surface area contributed by atoms with Crippen LogP contribution in [0.1, 0.15) is 49.7 Å². The van der Waals surface area contributed by atoms with E-state index in [4.69, 9.17) is 14.3 Å². The molecule has 0 spiro atoms. The van der Waals surface area contributed by atoms with Gasteiger partial charge < -0.3 is 23.3 Å². The van der Waals surface area contributed by atoms with Crippen molar-refractivity contribution in [3.8, 4) is 56.9 Å². The van der Waals surface area contributed by atoms with Crippen molar-refractivity contribution in [2.24, 2.45) is 0 Å². The minimum Gasteiger partial charge on any atom is -0.458 e. The highest BCUT2D eigenvalue weighted by molar-refractivity contribution is 6.99. The maximum atomic E-state index is 10.4. The van der Waals surface area contributed by atoms with Gasteiger partial charge >= 0.3 is 0 Å². The molecule has 6 nitrogen and oxygen atoms in total. The Kier molecular flexibility index (Phi) is 7.87. The summed E-state index contributed by atoms with van der Waals surface area (Å²) in [5.74, 6) is 0.663. The molecule has 17 rings (SSSR count). The number of nitriles is 1. The molecule has 84 heavy (non-hydrogen) atoms. The Balaban J connectivity index is 1.06. The fraction of sp³-hybridized carbons (Fsp3) is 0.0519. The first kappa shape index (κ1) is 36.5. The number of fused-ring (bicyclic) bond motifs is 13. The van der Waals surface area contributed by atoms with E-state index < -0.39 is 78.6 Å². The van der Waals surface area contributed by atoms with E-state index in [1.165, 1.54) is 4.57 Å². The number of nitrogens with zero attached hydrogens (tertiary/aromatic N) is 5. The van der Waals surface area contributed by atoms with Crippen LogP contribution in [-0.4, -0.2) is 20.4 Å². The standard InChI is InChI=1S/C77H52BN5O/c1-77(2,3)52-36-37-62-71(44-52)83(72-45-54(81-64-28-14-10-23-56(64)57-24-11-15-29-65(57)81)46-74-75(72)78(62)63-43-50(35-40-73(63)84-74)49-19-6-4-7-20-49)76-55(27-18-32-70(76)82-67-31-17-13-25-58(67)60-41-48(47-79)33-38-69(60)82)51-34-39-68-61(42-51)59-26-12-16-30-66(59)80(68)53-21-8-5-9-22-53/h4-46H,1-3H3/i4D,6D,7D,10D,11D,14D,15D,19D,20D,23D,24D,28D,29D. The minimum atomic E-state index is -0.728. The Morgan fingerprint density at radius 3 is 1.82 bits per heavy atom. The largest absolute Gasteiger partial charge is 0.458 e. The first-order valence-electron chi connectivity index (χ1n) is 34.3. The molecule has 2 aliphatic rings. The zero-order valence-electron chi connectivity index (χ0n) is 58.5. The maximum Gasteiger partial charge on any atom is 0.256 e. The summed E-state index contributed by atoms with van der Waals surface area (Å²) in [6, 6.07) is 56.3. The topological polar surface area (TPSA) is 51.0 Å². The second-order valence-corrected chi connectivity index (χ2v) is 22.6. The lowest BCUT2D eigenvalue weighted by atomic mass is 9.34. The summed E-state index contributed by atoms with van der Waals surface area (Å²) < 4.78 is 132. The van der Waals surface area contributed by atoms with Gasteiger partial charge in [0.25, 0.3) is 6.71 Å². The van der Waals surface area contributed by atoms with E-state index in [9.17, 15) is 13.5 Å². The van der Waals surface area contributed by atoms with Gasteiger partial charge in [-0.05, 0) is 135 Å². The quantitative estimate of drug-likeness (QED) is 0.156. The van der Waals surface area contributed by atoms with Gasteiger partial charge in [0.1, 0.15) is 11.5 Å². The van der Waals surface area contributed by atoms with Crippen LogP contribution in [0.3, 0.4) is 0 Å². The number of benzene rings is 12. The molecule has 0 atom stereocenters. The van der Waals surface area contributed by atoms with E-state index in [1.807, 2.05) is 84.9 Å². The van der Waals surface area contributed by atoms with Crippen LogP contribution in [0.2, 0.25) is 0 Å². The van der Waals surface area contributed by atoms with Crippen molar-refractivity contribution in [2.75, 3.05) is 4.90 Å². The predicted octanol–water partition coefficient (Wildman–Crippen LogP) is 17.9. The van der Waals surface area contributed by atoms with Crippen molar-refractivity contribution in [2.45, 2.75) is 26.2 Å². The van der Waals surface area contributed by atoms with E-state index in [0.29, 0.717) is 56.3 Å². The summed E-state index contributed by atoms with van der Waals surface area (Å²) in [7, 11) is 0. The normalized spacial score (nSPS) is 14.9. The SMILES string of the molecule is [2H]c1c([2H])c([2H])c(-c2ccc3c(c2)B2c4ccc(C(C)(C)C)cc4N(c4c(-c5ccc6c(c5)c5ccccc5n6-c5ccccc5)cccc4-n4c5ccccc5c5cc(C#N)ccc54)c4cc(-n5c6c([2H])c([2H])c([2H])c([2H])c6c6c([2H])c([2H])c([2H])c([2H])c65)cc(c42)O3)c([2H])c1[2H]. The van der Waals surface area contributed by atoms with Gasteiger partial charge in [0.15, 0.2) is 0 Å². The van der Waals surface area contributed by atoms with Gasteiger partial charge in [0.05, 0.1) is 79.6 Å². The number of aromatic nitrogens is 3. The summed E-state index contributed by atoms with van der Waals surface area (Å²) in [5.41, 5.74) is 12.3. The fourth-order valence-corrected chi connectivity index (χ4v) is 13.3. The average molecular weight is 1090 g/mol. The molecule has 5 heterocycles. The van der Waals surface area contributed by atoms with Gasteiger partial charge in [-0.2, -0.15) is 5.26 Å². The van der Waals surface area contributed by atoms with Crippen molar-refractivity contribution in [1.82, 2.24) is 13.7 Å². The molecular weight excluding hydrogens is 1020 g/mol. The molecule has 12 aromatic carbocycles. The molecule has 0 N–H and O–H groups in total. The van der Waals surface area contributed by atoms with Gasteiger partial charge in [-0.25, -0.2) is 0 Å². The Labute approximate surface area is 504 Å². The van der Waals surface area contributed by atoms with Crippen LogP contribution in [-0.2, 0) is 5.41 Å². The minimum absolute atomic E-state index is 0.00638. The summed E-state index contributed by atoms with van der Waals surface area (Å²) in [6.07, 6.45) is 0. The molecular formula is C77H52BN5O. The van der Waals surface area contributed by atoms with E-state index in [-0.39, 0.29) is 45.1 Å². The molecule has 0 bridgehead atoms. The van der Waals surface area contributed by atoms with E-state index in [2.05, 4.69) is 120 Å². The molecule has 3 aromatic heterocycles. The lowest BCUT2D eigenvalue weighted by molar-refractivity contribution is 0.487. The van der Waals surface area contributed by atoms with Gasteiger partial charge in [0, 0.05) is 61.0 Å². The second-order valence-electron chi connectivity index (χ2n) is 22.6. The molecule has 0 unspecified atom stereocenters. The zero-order chi connectivity index (χ0) is 67.3. The van der Waals surface area contributed by atoms with Gasteiger partial charge in [0.2, 0.25) is 0 Å². The molecule has 0 aliphatic carbocycles. The molecule has 2 aliphatic heterocycles. The summed E-state index contributed by atoms with van der Waals surface area (Å²) in [5, 5.41) is 14.0. The first-order valence-corrected chi connectivity index (χ1v) is 27.8. The van der Waals surface area contributed by atoms with Crippen molar-refractivity contribution in [3.05, 3.63) is 272 Å². The number of rotatable bonds is 6. The number of anilines is 3. The molecule has 394 valence electrons. The smallest absolute Gasteiger partial charge is 0.256 e. The van der Waals surface area contributed by atoms with Crippen molar-refractivity contribution < 1.29 is 22.6 Å². The highest BCUT2D eigenvalue weighted by atomic mass is 16.5. The Bertz CT molecular complexity index is 6020. The number of hydrogen-bond acceptors (Lipinski definition) is 3. The van der Waals surface area contributed by atoms with E-state index in [1.54, 1.807) is 18.2 Å². The monoisotopic (exact) mass is 1090 g/mol. The van der Waals surface area contributed by atoms with Crippen molar-refractivity contribution >= 4 is 106 Å². The van der Waals surface area contributed by atoms with Crippen LogP contribution >= 0.6 is 0 Å². The first-order chi connectivity index (χ1) is 46.7.